The van der Waals surface area contributed by atoms with Crippen LogP contribution in [0.2, 0.25) is 0 Å². The molecule has 2 heteroatoms. The van der Waals surface area contributed by atoms with Gasteiger partial charge in [-0.2, -0.15) is 0 Å². The van der Waals surface area contributed by atoms with Crippen LogP contribution in [0, 0.1) is 0 Å². The van der Waals surface area contributed by atoms with E-state index < -0.39 is 0 Å². The Morgan fingerprint density at radius 2 is 0.812 bits per heavy atom. The quantitative estimate of drug-likeness (QED) is 0.589. The summed E-state index contributed by atoms with van der Waals surface area (Å²) < 4.78 is 10.6. The Balaban J connectivity index is 0.000000105. The zero-order valence-corrected chi connectivity index (χ0v) is 10.8. The van der Waals surface area contributed by atoms with Gasteiger partial charge in [0.25, 0.3) is 0 Å². The monoisotopic (exact) mass is 226 g/mol. The van der Waals surface area contributed by atoms with Gasteiger partial charge in [-0.05, 0) is 25.7 Å². The van der Waals surface area contributed by atoms with Crippen LogP contribution in [0.3, 0.4) is 0 Å². The lowest BCUT2D eigenvalue weighted by molar-refractivity contribution is 0.372. The Morgan fingerprint density at radius 1 is 0.562 bits per heavy atom. The summed E-state index contributed by atoms with van der Waals surface area (Å²) in [5.74, 6) is 0. The van der Waals surface area contributed by atoms with Crippen LogP contribution >= 0.6 is 0 Å². The van der Waals surface area contributed by atoms with Gasteiger partial charge in [0.1, 0.15) is 0 Å². The van der Waals surface area contributed by atoms with Crippen molar-refractivity contribution in [2.45, 2.75) is 89.6 Å². The van der Waals surface area contributed by atoms with Crippen LogP contribution in [0.25, 0.3) is 0 Å². The fourth-order valence-electron chi connectivity index (χ4n) is 2.76. The first-order chi connectivity index (χ1) is 7.93. The van der Waals surface area contributed by atoms with Crippen molar-refractivity contribution < 1.29 is 9.47 Å². The minimum atomic E-state index is 0.703. The predicted molar refractivity (Wildman–Crippen MR) is 65.6 cm³/mol. The Labute approximate surface area is 99.7 Å². The molecule has 2 saturated heterocycles. The first-order valence-electron chi connectivity index (χ1n) is 7.24. The molecule has 94 valence electrons. The predicted octanol–water partition coefficient (Wildman–Crippen LogP) is 3.68. The highest BCUT2D eigenvalue weighted by Crippen LogP contribution is 2.36. The number of hydrogen-bond acceptors (Lipinski definition) is 2. The van der Waals surface area contributed by atoms with Crippen molar-refractivity contribution in [1.82, 2.24) is 0 Å². The molecule has 2 aliphatic heterocycles. The second-order valence-electron chi connectivity index (χ2n) is 4.99. The van der Waals surface area contributed by atoms with Crippen LogP contribution in [0.1, 0.15) is 65.2 Å². The van der Waals surface area contributed by atoms with Gasteiger partial charge in [0.15, 0.2) is 0 Å². The molecule has 4 aliphatic rings. The maximum absolute atomic E-state index is 5.28. The van der Waals surface area contributed by atoms with Crippen LogP contribution in [-0.4, -0.2) is 24.4 Å². The molecule has 0 bridgehead atoms. The van der Waals surface area contributed by atoms with Crippen LogP contribution in [0.5, 0.6) is 0 Å². The van der Waals surface area contributed by atoms with Gasteiger partial charge in [-0.3, -0.25) is 0 Å². The second kappa shape index (κ2) is 6.02. The highest BCUT2D eigenvalue weighted by molar-refractivity contribution is 4.88. The molecule has 4 fully saturated rings. The molecule has 16 heavy (non-hydrogen) atoms. The molecule has 4 atom stereocenters. The summed E-state index contributed by atoms with van der Waals surface area (Å²) in [6.45, 7) is 4.00. The zero-order chi connectivity index (χ0) is 11.4. The molecular weight excluding hydrogens is 200 g/mol. The maximum Gasteiger partial charge on any atom is 0.0841 e. The third kappa shape index (κ3) is 3.46. The fourth-order valence-corrected chi connectivity index (χ4v) is 2.76. The van der Waals surface area contributed by atoms with E-state index >= 15 is 0 Å². The topological polar surface area (TPSA) is 25.1 Å². The minimum absolute atomic E-state index is 0.703. The van der Waals surface area contributed by atoms with E-state index in [2.05, 4.69) is 0 Å². The number of fused-ring (bicyclic) bond motifs is 2. The van der Waals surface area contributed by atoms with E-state index in [0.717, 1.165) is 0 Å². The summed E-state index contributed by atoms with van der Waals surface area (Å²) in [6, 6.07) is 0. The standard InChI is InChI=1S/2C6H10O.C2H6/c2*1-2-4-6-5(3-1)7-6;1-2/h2*5-6H,1-4H2;1-2H3. The molecule has 0 N–H and O–H groups in total. The Kier molecular flexibility index (Phi) is 4.66. The fraction of sp³-hybridized carbons (Fsp3) is 1.00. The third-order valence-electron chi connectivity index (χ3n) is 3.83. The van der Waals surface area contributed by atoms with E-state index in [1.165, 1.54) is 51.4 Å². The summed E-state index contributed by atoms with van der Waals surface area (Å²) in [7, 11) is 0. The van der Waals surface area contributed by atoms with Crippen LogP contribution < -0.4 is 0 Å². The Bertz CT molecular complexity index is 163. The lowest BCUT2D eigenvalue weighted by atomic mass is 10.0. The maximum atomic E-state index is 5.28. The summed E-state index contributed by atoms with van der Waals surface area (Å²) in [5, 5.41) is 0. The first kappa shape index (κ1) is 12.4. The molecule has 2 aliphatic carbocycles. The highest BCUT2D eigenvalue weighted by Gasteiger charge is 2.40. The van der Waals surface area contributed by atoms with Gasteiger partial charge in [-0.1, -0.05) is 39.5 Å². The van der Waals surface area contributed by atoms with E-state index in [9.17, 15) is 0 Å². The van der Waals surface area contributed by atoms with Gasteiger partial charge < -0.3 is 9.47 Å². The largest absolute Gasteiger partial charge is 0.370 e. The number of epoxide rings is 2. The molecule has 2 saturated carbocycles. The molecule has 0 aromatic heterocycles. The third-order valence-corrected chi connectivity index (χ3v) is 3.83. The normalized spacial score (nSPS) is 42.4. The van der Waals surface area contributed by atoms with E-state index in [1.54, 1.807) is 0 Å². The van der Waals surface area contributed by atoms with E-state index in [0.29, 0.717) is 24.4 Å². The molecule has 4 unspecified atom stereocenters. The van der Waals surface area contributed by atoms with Gasteiger partial charge in [0.05, 0.1) is 24.4 Å². The van der Waals surface area contributed by atoms with Crippen molar-refractivity contribution in [1.29, 1.82) is 0 Å². The van der Waals surface area contributed by atoms with Crippen LogP contribution in [0.4, 0.5) is 0 Å². The van der Waals surface area contributed by atoms with Crippen molar-refractivity contribution in [3.63, 3.8) is 0 Å². The second-order valence-corrected chi connectivity index (χ2v) is 4.99. The van der Waals surface area contributed by atoms with Gasteiger partial charge in [-0.15, -0.1) is 0 Å². The Hall–Kier alpha value is -0.0800. The lowest BCUT2D eigenvalue weighted by Gasteiger charge is -2.00. The molecular formula is C14H26O2. The van der Waals surface area contributed by atoms with E-state index in [1.807, 2.05) is 13.8 Å². The molecule has 2 heterocycles. The smallest absolute Gasteiger partial charge is 0.0841 e. The lowest BCUT2D eigenvalue weighted by Crippen LogP contribution is -2.00. The number of ether oxygens (including phenoxy) is 2. The molecule has 0 aromatic carbocycles. The van der Waals surface area contributed by atoms with Gasteiger partial charge >= 0.3 is 0 Å². The Morgan fingerprint density at radius 3 is 1.00 bits per heavy atom. The van der Waals surface area contributed by atoms with Crippen molar-refractivity contribution in [3.05, 3.63) is 0 Å². The molecule has 2 nitrogen and oxygen atoms in total. The summed E-state index contributed by atoms with van der Waals surface area (Å²) in [6.07, 6.45) is 13.8. The van der Waals surface area contributed by atoms with Crippen molar-refractivity contribution >= 4 is 0 Å². The van der Waals surface area contributed by atoms with Crippen molar-refractivity contribution in [2.75, 3.05) is 0 Å². The van der Waals surface area contributed by atoms with E-state index in [-0.39, 0.29) is 0 Å². The molecule has 0 spiro atoms. The molecule has 0 aromatic rings. The number of rotatable bonds is 0. The number of hydrogen-bond donors (Lipinski definition) is 0. The van der Waals surface area contributed by atoms with Gasteiger partial charge in [0.2, 0.25) is 0 Å². The van der Waals surface area contributed by atoms with Gasteiger partial charge in [-0.25, -0.2) is 0 Å². The summed E-state index contributed by atoms with van der Waals surface area (Å²) in [5.41, 5.74) is 0. The summed E-state index contributed by atoms with van der Waals surface area (Å²) >= 11 is 0. The molecule has 0 radical (unpaired) electrons. The molecule has 4 rings (SSSR count). The van der Waals surface area contributed by atoms with Gasteiger partial charge in [0, 0.05) is 0 Å². The SMILES string of the molecule is C1CCC2OC2C1.C1CCC2OC2C1.CC. The highest BCUT2D eigenvalue weighted by atomic mass is 16.6. The van der Waals surface area contributed by atoms with E-state index in [4.69, 9.17) is 9.47 Å². The average Bonchev–Trinajstić information content (AvgIpc) is 3.25. The van der Waals surface area contributed by atoms with Crippen LogP contribution in [0.15, 0.2) is 0 Å². The zero-order valence-electron chi connectivity index (χ0n) is 10.8. The molecule has 0 amide bonds. The van der Waals surface area contributed by atoms with Crippen molar-refractivity contribution in [2.24, 2.45) is 0 Å². The average molecular weight is 226 g/mol. The minimum Gasteiger partial charge on any atom is -0.370 e. The summed E-state index contributed by atoms with van der Waals surface area (Å²) in [4.78, 5) is 0. The van der Waals surface area contributed by atoms with Crippen molar-refractivity contribution in [3.8, 4) is 0 Å². The first-order valence-corrected chi connectivity index (χ1v) is 7.24. The van der Waals surface area contributed by atoms with Crippen LogP contribution in [-0.2, 0) is 9.47 Å².